The number of hydrogen-bond donors (Lipinski definition) is 0. The van der Waals surface area contributed by atoms with Gasteiger partial charge in [-0.2, -0.15) is 0 Å². The third-order valence-corrected chi connectivity index (χ3v) is 1.79. The fraction of sp³-hybridized carbons (Fsp3) is 0.222. The predicted molar refractivity (Wildman–Crippen MR) is 44.1 cm³/mol. The molecule has 0 aliphatic heterocycles. The predicted octanol–water partition coefficient (Wildman–Crippen LogP) is 1.77. The number of rotatable bonds is 2. The Morgan fingerprint density at radius 2 is 2.55 bits per heavy atom. The van der Waals surface area contributed by atoms with Crippen LogP contribution in [-0.2, 0) is 6.54 Å². The first-order valence-corrected chi connectivity index (χ1v) is 3.75. The summed E-state index contributed by atoms with van der Waals surface area (Å²) in [6.45, 7) is 0.979. The van der Waals surface area contributed by atoms with E-state index in [1.54, 1.807) is 0 Å². The van der Waals surface area contributed by atoms with Crippen LogP contribution in [0.5, 0.6) is 0 Å². The van der Waals surface area contributed by atoms with Crippen LogP contribution in [0.3, 0.4) is 0 Å². The molecule has 0 saturated carbocycles. The monoisotopic (exact) mass is 146 g/mol. The van der Waals surface area contributed by atoms with Crippen molar-refractivity contribution in [2.45, 2.75) is 13.0 Å². The van der Waals surface area contributed by atoms with Crippen molar-refractivity contribution in [3.8, 4) is 0 Å². The first-order chi connectivity index (χ1) is 5.45. The van der Waals surface area contributed by atoms with E-state index in [1.165, 1.54) is 5.57 Å². The van der Waals surface area contributed by atoms with Gasteiger partial charge in [0.05, 0.1) is 6.33 Å². The standard InChI is InChI=1S/C9H10N2/c1-2-4-9(3-1)7-11-6-5-10-8-11/h1-3,5-6,8H,4,7H2. The minimum Gasteiger partial charge on any atom is -0.333 e. The molecule has 1 aliphatic rings. The lowest BCUT2D eigenvalue weighted by molar-refractivity contribution is 0.771. The molecule has 2 heteroatoms. The van der Waals surface area contributed by atoms with Crippen LogP contribution >= 0.6 is 0 Å². The van der Waals surface area contributed by atoms with Crippen LogP contribution in [0, 0.1) is 0 Å². The Morgan fingerprint density at radius 1 is 1.55 bits per heavy atom. The van der Waals surface area contributed by atoms with Crippen molar-refractivity contribution < 1.29 is 0 Å². The quantitative estimate of drug-likeness (QED) is 0.621. The zero-order valence-corrected chi connectivity index (χ0v) is 6.27. The van der Waals surface area contributed by atoms with Crippen molar-refractivity contribution in [3.05, 3.63) is 42.5 Å². The Kier molecular flexibility index (Phi) is 1.60. The number of aromatic nitrogens is 2. The molecule has 0 saturated heterocycles. The topological polar surface area (TPSA) is 17.8 Å². The maximum Gasteiger partial charge on any atom is 0.0948 e. The van der Waals surface area contributed by atoms with Gasteiger partial charge in [-0.3, -0.25) is 0 Å². The lowest BCUT2D eigenvalue weighted by atomic mass is 10.2. The summed E-state index contributed by atoms with van der Waals surface area (Å²) < 4.78 is 2.08. The van der Waals surface area contributed by atoms with Crippen LogP contribution in [0.4, 0.5) is 0 Å². The molecule has 0 radical (unpaired) electrons. The van der Waals surface area contributed by atoms with Crippen molar-refractivity contribution >= 4 is 0 Å². The first-order valence-electron chi connectivity index (χ1n) is 3.75. The lowest BCUT2D eigenvalue weighted by Crippen LogP contribution is -1.95. The average molecular weight is 146 g/mol. The molecule has 1 heterocycles. The van der Waals surface area contributed by atoms with E-state index in [-0.39, 0.29) is 0 Å². The Hall–Kier alpha value is -1.31. The fourth-order valence-corrected chi connectivity index (χ4v) is 1.22. The molecule has 1 aromatic rings. The van der Waals surface area contributed by atoms with Crippen LogP contribution in [0.15, 0.2) is 42.5 Å². The van der Waals surface area contributed by atoms with Crippen molar-refractivity contribution in [3.63, 3.8) is 0 Å². The Balaban J connectivity index is 2.02. The minimum absolute atomic E-state index is 0.979. The average Bonchev–Trinajstić information content (AvgIpc) is 2.60. The molecule has 0 unspecified atom stereocenters. The lowest BCUT2D eigenvalue weighted by Gasteiger charge is -2.01. The van der Waals surface area contributed by atoms with Crippen LogP contribution in [0.1, 0.15) is 6.42 Å². The summed E-state index contributed by atoms with van der Waals surface area (Å²) in [6, 6.07) is 0. The van der Waals surface area contributed by atoms with Gasteiger partial charge < -0.3 is 4.57 Å². The van der Waals surface area contributed by atoms with Crippen LogP contribution in [0.2, 0.25) is 0 Å². The van der Waals surface area contributed by atoms with Crippen molar-refractivity contribution in [1.82, 2.24) is 9.55 Å². The minimum atomic E-state index is 0.979. The van der Waals surface area contributed by atoms with Crippen LogP contribution in [-0.4, -0.2) is 9.55 Å². The van der Waals surface area contributed by atoms with E-state index in [1.807, 2.05) is 18.7 Å². The SMILES string of the molecule is C1=CCC(Cn2ccnc2)=C1. The van der Waals surface area contributed by atoms with Crippen LogP contribution < -0.4 is 0 Å². The third kappa shape index (κ3) is 1.40. The number of allylic oxidation sites excluding steroid dienone is 4. The molecule has 0 amide bonds. The van der Waals surface area contributed by atoms with Gasteiger partial charge in [0.2, 0.25) is 0 Å². The maximum absolute atomic E-state index is 3.98. The van der Waals surface area contributed by atoms with E-state index in [0.717, 1.165) is 13.0 Å². The maximum atomic E-state index is 3.98. The zero-order chi connectivity index (χ0) is 7.52. The van der Waals surface area contributed by atoms with Gasteiger partial charge in [-0.05, 0) is 12.0 Å². The molecule has 11 heavy (non-hydrogen) atoms. The summed E-state index contributed by atoms with van der Waals surface area (Å²) in [5.74, 6) is 0. The second-order valence-corrected chi connectivity index (χ2v) is 2.69. The Morgan fingerprint density at radius 3 is 3.18 bits per heavy atom. The van der Waals surface area contributed by atoms with Crippen molar-refractivity contribution in [1.29, 1.82) is 0 Å². The fourth-order valence-electron chi connectivity index (χ4n) is 1.22. The summed E-state index contributed by atoms with van der Waals surface area (Å²) in [6.07, 6.45) is 13.2. The van der Waals surface area contributed by atoms with E-state index in [9.17, 15) is 0 Å². The van der Waals surface area contributed by atoms with Gasteiger partial charge in [-0.15, -0.1) is 0 Å². The first kappa shape index (κ1) is 6.40. The molecule has 0 fully saturated rings. The van der Waals surface area contributed by atoms with E-state index in [2.05, 4.69) is 27.8 Å². The van der Waals surface area contributed by atoms with Crippen molar-refractivity contribution in [2.24, 2.45) is 0 Å². The van der Waals surface area contributed by atoms with E-state index in [0.29, 0.717) is 0 Å². The molecule has 0 N–H and O–H groups in total. The Labute approximate surface area is 65.9 Å². The summed E-state index contributed by atoms with van der Waals surface area (Å²) in [7, 11) is 0. The summed E-state index contributed by atoms with van der Waals surface area (Å²) in [5, 5.41) is 0. The second kappa shape index (κ2) is 2.74. The van der Waals surface area contributed by atoms with Gasteiger partial charge in [0.1, 0.15) is 0 Å². The number of hydrogen-bond acceptors (Lipinski definition) is 1. The molecular formula is C9H10N2. The zero-order valence-electron chi connectivity index (χ0n) is 6.27. The molecule has 2 rings (SSSR count). The summed E-state index contributed by atoms with van der Waals surface area (Å²) >= 11 is 0. The van der Waals surface area contributed by atoms with Gasteiger partial charge in [0.15, 0.2) is 0 Å². The normalized spacial score (nSPS) is 15.5. The highest BCUT2D eigenvalue weighted by Gasteiger charge is 1.98. The molecule has 2 nitrogen and oxygen atoms in total. The Bertz CT molecular complexity index is 281. The molecule has 1 aromatic heterocycles. The molecule has 0 spiro atoms. The van der Waals surface area contributed by atoms with Crippen LogP contribution in [0.25, 0.3) is 0 Å². The molecule has 1 aliphatic carbocycles. The van der Waals surface area contributed by atoms with Gasteiger partial charge in [-0.25, -0.2) is 4.98 Å². The van der Waals surface area contributed by atoms with Gasteiger partial charge >= 0.3 is 0 Å². The highest BCUT2D eigenvalue weighted by molar-refractivity contribution is 5.22. The highest BCUT2D eigenvalue weighted by atomic mass is 15.0. The van der Waals surface area contributed by atoms with Gasteiger partial charge in [0.25, 0.3) is 0 Å². The highest BCUT2D eigenvalue weighted by Crippen LogP contribution is 2.11. The summed E-state index contributed by atoms with van der Waals surface area (Å²) in [5.41, 5.74) is 1.45. The van der Waals surface area contributed by atoms with Gasteiger partial charge in [0, 0.05) is 18.9 Å². The largest absolute Gasteiger partial charge is 0.333 e. The number of imidazole rings is 1. The van der Waals surface area contributed by atoms with Crippen molar-refractivity contribution in [2.75, 3.05) is 0 Å². The van der Waals surface area contributed by atoms with Gasteiger partial charge in [-0.1, -0.05) is 18.2 Å². The molecule has 0 atom stereocenters. The molecule has 0 aromatic carbocycles. The van der Waals surface area contributed by atoms with E-state index in [4.69, 9.17) is 0 Å². The van der Waals surface area contributed by atoms with E-state index < -0.39 is 0 Å². The second-order valence-electron chi connectivity index (χ2n) is 2.69. The molecular weight excluding hydrogens is 136 g/mol. The smallest absolute Gasteiger partial charge is 0.0948 e. The third-order valence-electron chi connectivity index (χ3n) is 1.79. The molecule has 56 valence electrons. The van der Waals surface area contributed by atoms with E-state index >= 15 is 0 Å². The number of nitrogens with zero attached hydrogens (tertiary/aromatic N) is 2. The molecule has 0 bridgehead atoms. The summed E-state index contributed by atoms with van der Waals surface area (Å²) in [4.78, 5) is 3.98.